The van der Waals surface area contributed by atoms with Crippen molar-refractivity contribution < 1.29 is 9.72 Å². The Balaban J connectivity index is 2.44. The van der Waals surface area contributed by atoms with E-state index in [-0.39, 0.29) is 5.69 Å². The van der Waals surface area contributed by atoms with E-state index in [1.165, 1.54) is 12.1 Å². The summed E-state index contributed by atoms with van der Waals surface area (Å²) in [6.07, 6.45) is 0.705. The van der Waals surface area contributed by atoms with Gasteiger partial charge in [-0.25, -0.2) is 0 Å². The van der Waals surface area contributed by atoms with Crippen LogP contribution >= 0.6 is 11.8 Å². The summed E-state index contributed by atoms with van der Waals surface area (Å²) in [4.78, 5) is 23.0. The van der Waals surface area contributed by atoms with Gasteiger partial charge in [0, 0.05) is 23.9 Å². The molecule has 0 amide bonds. The second kappa shape index (κ2) is 4.52. The Kier molecular flexibility index (Phi) is 3.09. The van der Waals surface area contributed by atoms with Crippen LogP contribution in [0.2, 0.25) is 0 Å². The first-order chi connectivity index (χ1) is 7.72. The molecule has 1 heterocycles. The van der Waals surface area contributed by atoms with Gasteiger partial charge in [-0.3, -0.25) is 14.9 Å². The first-order valence-corrected chi connectivity index (χ1v) is 5.94. The third kappa shape index (κ3) is 2.01. The highest BCUT2D eigenvalue weighted by Crippen LogP contribution is 2.32. The SMILES string of the molecule is O=Cc1ccc([N+](=O)[O-])c(N2CCSC2)c1. The van der Waals surface area contributed by atoms with Crippen LogP contribution in [-0.2, 0) is 0 Å². The second-order valence-corrected chi connectivity index (χ2v) is 4.50. The summed E-state index contributed by atoms with van der Waals surface area (Å²) in [7, 11) is 0. The van der Waals surface area contributed by atoms with Crippen LogP contribution in [0.3, 0.4) is 0 Å². The Bertz CT molecular complexity index is 430. The Morgan fingerprint density at radius 3 is 2.88 bits per heavy atom. The van der Waals surface area contributed by atoms with Crippen LogP contribution in [0.25, 0.3) is 0 Å². The van der Waals surface area contributed by atoms with Gasteiger partial charge in [0.25, 0.3) is 5.69 Å². The third-order valence-corrected chi connectivity index (χ3v) is 3.39. The summed E-state index contributed by atoms with van der Waals surface area (Å²) in [6, 6.07) is 4.44. The fourth-order valence-corrected chi connectivity index (χ4v) is 2.59. The molecule has 0 spiro atoms. The van der Waals surface area contributed by atoms with Crippen molar-refractivity contribution in [2.75, 3.05) is 23.1 Å². The Morgan fingerprint density at radius 2 is 2.31 bits per heavy atom. The molecule has 1 aliphatic rings. The average Bonchev–Trinajstić information content (AvgIpc) is 2.81. The number of hydrogen-bond donors (Lipinski definition) is 0. The molecular formula is C10H10N2O3S. The van der Waals surface area contributed by atoms with Gasteiger partial charge in [-0.1, -0.05) is 0 Å². The number of nitro benzene ring substituents is 1. The summed E-state index contributed by atoms with van der Waals surface area (Å²) in [5, 5.41) is 10.9. The van der Waals surface area contributed by atoms with Gasteiger partial charge < -0.3 is 4.90 Å². The van der Waals surface area contributed by atoms with Crippen LogP contribution in [0, 0.1) is 10.1 Å². The highest BCUT2D eigenvalue weighted by Gasteiger charge is 2.22. The number of aldehydes is 1. The van der Waals surface area contributed by atoms with E-state index in [2.05, 4.69) is 0 Å². The van der Waals surface area contributed by atoms with Crippen molar-refractivity contribution in [1.82, 2.24) is 0 Å². The van der Waals surface area contributed by atoms with Crippen molar-refractivity contribution in [1.29, 1.82) is 0 Å². The maximum absolute atomic E-state index is 10.9. The molecule has 0 aromatic heterocycles. The molecule has 0 unspecified atom stereocenters. The monoisotopic (exact) mass is 238 g/mol. The number of thioether (sulfide) groups is 1. The molecule has 6 heteroatoms. The quantitative estimate of drug-likeness (QED) is 0.457. The number of carbonyl (C=O) groups is 1. The second-order valence-electron chi connectivity index (χ2n) is 3.42. The van der Waals surface area contributed by atoms with Crippen LogP contribution in [0.1, 0.15) is 10.4 Å². The molecule has 84 valence electrons. The predicted octanol–water partition coefficient (Wildman–Crippen LogP) is 1.92. The normalized spacial score (nSPS) is 15.1. The lowest BCUT2D eigenvalue weighted by Gasteiger charge is -2.16. The molecule has 0 bridgehead atoms. The van der Waals surface area contributed by atoms with E-state index in [1.54, 1.807) is 17.8 Å². The molecular weight excluding hydrogens is 228 g/mol. The Labute approximate surface area is 96.6 Å². The molecule has 0 N–H and O–H groups in total. The van der Waals surface area contributed by atoms with Crippen LogP contribution in [-0.4, -0.2) is 29.4 Å². The van der Waals surface area contributed by atoms with Gasteiger partial charge >= 0.3 is 0 Å². The molecule has 1 saturated heterocycles. The van der Waals surface area contributed by atoms with Crippen molar-refractivity contribution in [3.8, 4) is 0 Å². The van der Waals surface area contributed by atoms with Crippen molar-refractivity contribution in [3.05, 3.63) is 33.9 Å². The maximum atomic E-state index is 10.9. The zero-order valence-corrected chi connectivity index (χ0v) is 9.27. The number of hydrogen-bond acceptors (Lipinski definition) is 5. The molecule has 5 nitrogen and oxygen atoms in total. The minimum Gasteiger partial charge on any atom is -0.356 e. The van der Waals surface area contributed by atoms with Gasteiger partial charge in [-0.05, 0) is 12.1 Å². The molecule has 1 aromatic carbocycles. The first-order valence-electron chi connectivity index (χ1n) is 4.78. The molecule has 0 radical (unpaired) electrons. The molecule has 2 rings (SSSR count). The fraction of sp³-hybridized carbons (Fsp3) is 0.300. The van der Waals surface area contributed by atoms with E-state index < -0.39 is 4.92 Å². The number of anilines is 1. The number of carbonyl (C=O) groups excluding carboxylic acids is 1. The molecule has 1 aliphatic heterocycles. The summed E-state index contributed by atoms with van der Waals surface area (Å²) in [5.41, 5.74) is 1.07. The van der Waals surface area contributed by atoms with E-state index >= 15 is 0 Å². The summed E-state index contributed by atoms with van der Waals surface area (Å²) in [5.74, 6) is 1.70. The lowest BCUT2D eigenvalue weighted by atomic mass is 10.1. The van der Waals surface area contributed by atoms with Crippen molar-refractivity contribution >= 4 is 29.4 Å². The van der Waals surface area contributed by atoms with Crippen molar-refractivity contribution in [2.24, 2.45) is 0 Å². The van der Waals surface area contributed by atoms with Crippen LogP contribution < -0.4 is 4.90 Å². The van der Waals surface area contributed by atoms with Crippen LogP contribution in [0.15, 0.2) is 18.2 Å². The minimum atomic E-state index is -0.410. The van der Waals surface area contributed by atoms with Crippen LogP contribution in [0.5, 0.6) is 0 Å². The van der Waals surface area contributed by atoms with E-state index in [4.69, 9.17) is 0 Å². The van der Waals surface area contributed by atoms with Gasteiger partial charge in [0.2, 0.25) is 0 Å². The highest BCUT2D eigenvalue weighted by molar-refractivity contribution is 7.99. The lowest BCUT2D eigenvalue weighted by molar-refractivity contribution is -0.384. The molecule has 1 aromatic rings. The highest BCUT2D eigenvalue weighted by atomic mass is 32.2. The average molecular weight is 238 g/mol. The van der Waals surface area contributed by atoms with E-state index in [0.717, 1.165) is 18.2 Å². The Morgan fingerprint density at radius 1 is 1.50 bits per heavy atom. The third-order valence-electron chi connectivity index (χ3n) is 2.43. The van der Waals surface area contributed by atoms with Crippen molar-refractivity contribution in [3.63, 3.8) is 0 Å². The number of benzene rings is 1. The van der Waals surface area contributed by atoms with Crippen LogP contribution in [0.4, 0.5) is 11.4 Å². The standard InChI is InChI=1S/C10H10N2O3S/c13-6-8-1-2-9(12(14)15)10(5-8)11-3-4-16-7-11/h1-2,5-6H,3-4,7H2. The molecule has 0 saturated carbocycles. The number of nitrogens with zero attached hydrogens (tertiary/aromatic N) is 2. The maximum Gasteiger partial charge on any atom is 0.292 e. The van der Waals surface area contributed by atoms with Gasteiger partial charge in [0.05, 0.1) is 10.8 Å². The zero-order valence-electron chi connectivity index (χ0n) is 8.46. The summed E-state index contributed by atoms with van der Waals surface area (Å²) in [6.45, 7) is 0.786. The first kappa shape index (κ1) is 10.9. The summed E-state index contributed by atoms with van der Waals surface area (Å²) < 4.78 is 0. The predicted molar refractivity (Wildman–Crippen MR) is 63.2 cm³/mol. The molecule has 0 atom stereocenters. The molecule has 1 fully saturated rings. The van der Waals surface area contributed by atoms with Gasteiger partial charge in [0.1, 0.15) is 12.0 Å². The van der Waals surface area contributed by atoms with E-state index in [9.17, 15) is 14.9 Å². The smallest absolute Gasteiger partial charge is 0.292 e. The van der Waals surface area contributed by atoms with E-state index in [0.29, 0.717) is 17.5 Å². The zero-order chi connectivity index (χ0) is 11.5. The number of rotatable bonds is 3. The molecule has 0 aliphatic carbocycles. The topological polar surface area (TPSA) is 63.4 Å². The van der Waals surface area contributed by atoms with Gasteiger partial charge in [0.15, 0.2) is 0 Å². The molecule has 16 heavy (non-hydrogen) atoms. The van der Waals surface area contributed by atoms with Gasteiger partial charge in [-0.15, -0.1) is 11.8 Å². The van der Waals surface area contributed by atoms with Crippen molar-refractivity contribution in [2.45, 2.75) is 0 Å². The fourth-order valence-electron chi connectivity index (χ4n) is 1.63. The number of nitro groups is 1. The Hall–Kier alpha value is -1.56. The lowest BCUT2D eigenvalue weighted by Crippen LogP contribution is -2.19. The minimum absolute atomic E-state index is 0.0631. The van der Waals surface area contributed by atoms with E-state index in [1.807, 2.05) is 4.90 Å². The van der Waals surface area contributed by atoms with Gasteiger partial charge in [-0.2, -0.15) is 0 Å². The largest absolute Gasteiger partial charge is 0.356 e. The summed E-state index contributed by atoms with van der Waals surface area (Å²) >= 11 is 1.73.